The summed E-state index contributed by atoms with van der Waals surface area (Å²) in [6, 6.07) is 12.7. The summed E-state index contributed by atoms with van der Waals surface area (Å²) in [5.74, 6) is 1.47. The number of methoxy groups -OCH3 is 2. The van der Waals surface area contributed by atoms with Crippen molar-refractivity contribution in [3.8, 4) is 28.8 Å². The van der Waals surface area contributed by atoms with E-state index in [2.05, 4.69) is 20.4 Å². The van der Waals surface area contributed by atoms with E-state index < -0.39 is 0 Å². The van der Waals surface area contributed by atoms with Crippen molar-refractivity contribution in [2.45, 2.75) is 18.9 Å². The number of rotatable bonds is 6. The Bertz CT molecular complexity index is 1000. The monoisotopic (exact) mass is 409 g/mol. The van der Waals surface area contributed by atoms with E-state index in [1.807, 2.05) is 24.3 Å². The lowest BCUT2D eigenvalue weighted by atomic mass is 10.1. The minimum Gasteiger partial charge on any atom is -0.497 e. The Hall–Kier alpha value is -3.62. The first-order chi connectivity index (χ1) is 14.7. The van der Waals surface area contributed by atoms with Crippen LogP contribution >= 0.6 is 0 Å². The highest BCUT2D eigenvalue weighted by atomic mass is 16.5. The molecule has 0 radical (unpaired) electrons. The molecule has 9 heteroatoms. The van der Waals surface area contributed by atoms with E-state index in [1.54, 1.807) is 30.2 Å². The predicted molar refractivity (Wildman–Crippen MR) is 109 cm³/mol. The van der Waals surface area contributed by atoms with Crippen LogP contribution in [0.1, 0.15) is 23.3 Å². The van der Waals surface area contributed by atoms with E-state index in [0.29, 0.717) is 36.2 Å². The number of carbonyl (C=O) groups is 1. The molecule has 3 aromatic rings. The molecule has 156 valence electrons. The van der Waals surface area contributed by atoms with Gasteiger partial charge in [-0.3, -0.25) is 9.89 Å². The van der Waals surface area contributed by atoms with Gasteiger partial charge in [0.25, 0.3) is 5.91 Å². The topological polar surface area (TPSA) is 102 Å². The number of carbonyl (C=O) groups excluding carboxylic acids is 1. The Morgan fingerprint density at radius 1 is 1.10 bits per heavy atom. The van der Waals surface area contributed by atoms with Gasteiger partial charge < -0.3 is 19.1 Å². The molecular formula is C21H23N5O4. The van der Waals surface area contributed by atoms with Gasteiger partial charge >= 0.3 is 0 Å². The van der Waals surface area contributed by atoms with Gasteiger partial charge in [0, 0.05) is 24.2 Å². The lowest BCUT2D eigenvalue weighted by molar-refractivity contribution is 0.0520. The van der Waals surface area contributed by atoms with Crippen LogP contribution in [-0.4, -0.2) is 64.6 Å². The Balaban J connectivity index is 1.42. The number of aromatic nitrogens is 4. The number of nitrogens with one attached hydrogen (secondary N) is 1. The molecule has 1 atom stereocenters. The average molecular weight is 409 g/mol. The molecule has 1 saturated heterocycles. The number of amides is 1. The smallest absolute Gasteiger partial charge is 0.272 e. The summed E-state index contributed by atoms with van der Waals surface area (Å²) in [6.45, 7) is 1.14. The maximum atomic E-state index is 13.0. The molecule has 0 saturated carbocycles. The van der Waals surface area contributed by atoms with Crippen molar-refractivity contribution in [2.75, 3.05) is 27.3 Å². The highest BCUT2D eigenvalue weighted by molar-refractivity contribution is 5.93. The number of nitrogens with zero attached hydrogens (tertiary/aromatic N) is 4. The number of ether oxygens (including phenoxy) is 3. The Morgan fingerprint density at radius 2 is 1.93 bits per heavy atom. The van der Waals surface area contributed by atoms with Crippen LogP contribution < -0.4 is 14.2 Å². The molecule has 1 aliphatic rings. The SMILES string of the molecule is COc1cccc(-c2cc(C(=O)N3CCCC(Oc4ccc(OC)nn4)C3)[nH]n2)c1. The summed E-state index contributed by atoms with van der Waals surface area (Å²) in [5, 5.41) is 15.1. The van der Waals surface area contributed by atoms with E-state index in [9.17, 15) is 4.79 Å². The molecule has 1 aromatic carbocycles. The van der Waals surface area contributed by atoms with Crippen LogP contribution in [0, 0.1) is 0 Å². The van der Waals surface area contributed by atoms with Crippen LogP contribution in [0.3, 0.4) is 0 Å². The highest BCUT2D eigenvalue weighted by Crippen LogP contribution is 2.24. The summed E-state index contributed by atoms with van der Waals surface area (Å²) in [4.78, 5) is 14.8. The second-order valence-corrected chi connectivity index (χ2v) is 6.95. The summed E-state index contributed by atoms with van der Waals surface area (Å²) in [7, 11) is 3.15. The third-order valence-electron chi connectivity index (χ3n) is 4.95. The first-order valence-electron chi connectivity index (χ1n) is 9.70. The zero-order valence-corrected chi connectivity index (χ0v) is 16.9. The molecule has 4 rings (SSSR count). The molecule has 9 nitrogen and oxygen atoms in total. The molecule has 0 spiro atoms. The van der Waals surface area contributed by atoms with Crippen molar-refractivity contribution in [1.29, 1.82) is 0 Å². The molecule has 1 aliphatic heterocycles. The molecule has 1 unspecified atom stereocenters. The molecule has 0 bridgehead atoms. The van der Waals surface area contributed by atoms with Gasteiger partial charge in [-0.15, -0.1) is 10.2 Å². The van der Waals surface area contributed by atoms with E-state index in [-0.39, 0.29) is 12.0 Å². The van der Waals surface area contributed by atoms with Crippen molar-refractivity contribution in [3.63, 3.8) is 0 Å². The quantitative estimate of drug-likeness (QED) is 0.667. The minimum absolute atomic E-state index is 0.106. The lowest BCUT2D eigenvalue weighted by Crippen LogP contribution is -2.44. The molecule has 0 aliphatic carbocycles. The third-order valence-corrected chi connectivity index (χ3v) is 4.95. The molecule has 3 heterocycles. The fourth-order valence-electron chi connectivity index (χ4n) is 3.40. The maximum Gasteiger partial charge on any atom is 0.272 e. The third kappa shape index (κ3) is 4.35. The van der Waals surface area contributed by atoms with E-state index in [1.165, 1.54) is 7.11 Å². The summed E-state index contributed by atoms with van der Waals surface area (Å²) in [5.41, 5.74) is 2.01. The standard InChI is InChI=1S/C21H23N5O4/c1-28-15-6-3-5-14(11-15)17-12-18(23-22-17)21(27)26-10-4-7-16(13-26)30-20-9-8-19(29-2)24-25-20/h3,5-6,8-9,11-12,16H,4,7,10,13H2,1-2H3,(H,22,23). The van der Waals surface area contributed by atoms with Gasteiger partial charge in [0.1, 0.15) is 17.5 Å². The average Bonchev–Trinajstić information content (AvgIpc) is 3.30. The number of aromatic amines is 1. The van der Waals surface area contributed by atoms with Crippen LogP contribution in [-0.2, 0) is 0 Å². The van der Waals surface area contributed by atoms with E-state index in [0.717, 1.165) is 24.2 Å². The first kappa shape index (κ1) is 19.7. The fourth-order valence-corrected chi connectivity index (χ4v) is 3.40. The number of likely N-dealkylation sites (tertiary alicyclic amines) is 1. The predicted octanol–water partition coefficient (Wildman–Crippen LogP) is 2.57. The number of hydrogen-bond donors (Lipinski definition) is 1. The first-order valence-corrected chi connectivity index (χ1v) is 9.70. The van der Waals surface area contributed by atoms with Crippen LogP contribution in [0.5, 0.6) is 17.5 Å². The minimum atomic E-state index is -0.147. The number of hydrogen-bond acceptors (Lipinski definition) is 7. The Labute approximate surface area is 174 Å². The molecule has 1 amide bonds. The lowest BCUT2D eigenvalue weighted by Gasteiger charge is -2.32. The molecule has 1 N–H and O–H groups in total. The van der Waals surface area contributed by atoms with Crippen molar-refractivity contribution < 1.29 is 19.0 Å². The molecule has 30 heavy (non-hydrogen) atoms. The summed E-state index contributed by atoms with van der Waals surface area (Å²) >= 11 is 0. The van der Waals surface area contributed by atoms with Gasteiger partial charge in [-0.25, -0.2) is 0 Å². The van der Waals surface area contributed by atoms with Crippen molar-refractivity contribution in [3.05, 3.63) is 48.2 Å². The zero-order chi connectivity index (χ0) is 20.9. The molecule has 2 aromatic heterocycles. The van der Waals surface area contributed by atoms with Gasteiger partial charge in [0.2, 0.25) is 11.8 Å². The second kappa shape index (κ2) is 8.81. The van der Waals surface area contributed by atoms with Gasteiger partial charge in [-0.1, -0.05) is 12.1 Å². The van der Waals surface area contributed by atoms with Crippen LogP contribution in [0.4, 0.5) is 0 Å². The van der Waals surface area contributed by atoms with Gasteiger partial charge in [0.15, 0.2) is 0 Å². The Morgan fingerprint density at radius 3 is 2.70 bits per heavy atom. The number of benzene rings is 1. The number of H-pyrrole nitrogens is 1. The van der Waals surface area contributed by atoms with E-state index in [4.69, 9.17) is 14.2 Å². The Kier molecular flexibility index (Phi) is 5.78. The normalized spacial score (nSPS) is 16.2. The molecule has 1 fully saturated rings. The van der Waals surface area contributed by atoms with Crippen LogP contribution in [0.25, 0.3) is 11.3 Å². The van der Waals surface area contributed by atoms with Gasteiger partial charge in [-0.2, -0.15) is 5.10 Å². The van der Waals surface area contributed by atoms with Gasteiger partial charge in [0.05, 0.1) is 26.5 Å². The van der Waals surface area contributed by atoms with Crippen molar-refractivity contribution >= 4 is 5.91 Å². The number of piperidine rings is 1. The largest absolute Gasteiger partial charge is 0.497 e. The summed E-state index contributed by atoms with van der Waals surface area (Å²) < 4.78 is 16.2. The highest BCUT2D eigenvalue weighted by Gasteiger charge is 2.27. The molecular weight excluding hydrogens is 386 g/mol. The van der Waals surface area contributed by atoms with Crippen molar-refractivity contribution in [1.82, 2.24) is 25.3 Å². The second-order valence-electron chi connectivity index (χ2n) is 6.95. The fraction of sp³-hybridized carbons (Fsp3) is 0.333. The zero-order valence-electron chi connectivity index (χ0n) is 16.9. The van der Waals surface area contributed by atoms with Crippen LogP contribution in [0.15, 0.2) is 42.5 Å². The summed E-state index contributed by atoms with van der Waals surface area (Å²) in [6.07, 6.45) is 1.54. The van der Waals surface area contributed by atoms with Crippen molar-refractivity contribution in [2.24, 2.45) is 0 Å². The van der Waals surface area contributed by atoms with Crippen LogP contribution in [0.2, 0.25) is 0 Å². The maximum absolute atomic E-state index is 13.0. The van der Waals surface area contributed by atoms with Gasteiger partial charge in [-0.05, 0) is 31.0 Å². The van der Waals surface area contributed by atoms with E-state index >= 15 is 0 Å².